The van der Waals surface area contributed by atoms with Crippen molar-refractivity contribution >= 4 is 23.3 Å². The molecule has 6 nitrogen and oxygen atoms in total. The van der Waals surface area contributed by atoms with Crippen LogP contribution in [-0.2, 0) is 0 Å². The zero-order valence-electron chi connectivity index (χ0n) is 9.64. The minimum Gasteiger partial charge on any atom is -0.396 e. The Kier molecular flexibility index (Phi) is 4.65. The topological polar surface area (TPSA) is 101 Å². The van der Waals surface area contributed by atoms with Gasteiger partial charge in [-0.1, -0.05) is 18.5 Å². The van der Waals surface area contributed by atoms with E-state index < -0.39 is 5.91 Å². The monoisotopic (exact) mass is 258 g/mol. The number of nitrogens with one attached hydrogen (secondary N) is 1. The van der Waals surface area contributed by atoms with Crippen LogP contribution in [0.2, 0.25) is 5.15 Å². The first-order chi connectivity index (χ1) is 7.95. The molecule has 4 N–H and O–H groups in total. The van der Waals surface area contributed by atoms with Crippen LogP contribution in [0.3, 0.4) is 0 Å². The van der Waals surface area contributed by atoms with Crippen LogP contribution in [0.1, 0.15) is 24.2 Å². The van der Waals surface area contributed by atoms with Gasteiger partial charge in [-0.25, -0.2) is 0 Å². The molecule has 0 aromatic carbocycles. The van der Waals surface area contributed by atoms with Crippen molar-refractivity contribution in [2.24, 2.45) is 11.7 Å². The van der Waals surface area contributed by atoms with Crippen molar-refractivity contribution in [1.82, 2.24) is 10.2 Å². The summed E-state index contributed by atoms with van der Waals surface area (Å²) in [6.07, 6.45) is 0. The Morgan fingerprint density at radius 1 is 1.59 bits per heavy atom. The van der Waals surface area contributed by atoms with Gasteiger partial charge in [0.1, 0.15) is 0 Å². The van der Waals surface area contributed by atoms with E-state index in [4.69, 9.17) is 22.4 Å². The molecule has 0 fully saturated rings. The van der Waals surface area contributed by atoms with Gasteiger partial charge in [-0.05, 0) is 18.9 Å². The molecule has 0 saturated heterocycles. The molecule has 0 spiro atoms. The Morgan fingerprint density at radius 2 is 2.24 bits per heavy atom. The normalized spacial score (nSPS) is 14.1. The summed E-state index contributed by atoms with van der Waals surface area (Å²) in [7, 11) is 0. The second kappa shape index (κ2) is 5.79. The number of rotatable bonds is 5. The fourth-order valence-electron chi connectivity index (χ4n) is 1.18. The number of aliphatic hydroxyl groups is 1. The standard InChI is InChI=1S/C10H15ClN4O2/c1-5(4-16)6(2)13-10-7(9(12)17)3-8(11)14-15-10/h3,5-6,16H,4H2,1-2H3,(H2,12,17)(H,13,15). The molecular weight excluding hydrogens is 244 g/mol. The summed E-state index contributed by atoms with van der Waals surface area (Å²) in [5.74, 6) is -0.351. The number of halogens is 1. The average Bonchev–Trinajstić information content (AvgIpc) is 2.29. The van der Waals surface area contributed by atoms with Crippen LogP contribution in [0.5, 0.6) is 0 Å². The third kappa shape index (κ3) is 3.54. The van der Waals surface area contributed by atoms with E-state index in [1.54, 1.807) is 0 Å². The summed E-state index contributed by atoms with van der Waals surface area (Å²) in [6, 6.07) is 1.28. The van der Waals surface area contributed by atoms with Crippen LogP contribution < -0.4 is 11.1 Å². The number of hydrogen-bond donors (Lipinski definition) is 3. The van der Waals surface area contributed by atoms with Crippen LogP contribution in [0.15, 0.2) is 6.07 Å². The smallest absolute Gasteiger partial charge is 0.252 e. The Hall–Kier alpha value is -1.40. The average molecular weight is 259 g/mol. The maximum absolute atomic E-state index is 11.2. The molecule has 2 atom stereocenters. The lowest BCUT2D eigenvalue weighted by molar-refractivity contribution is 0.100. The molecule has 1 aromatic rings. The predicted octanol–water partition coefficient (Wildman–Crippen LogP) is 0.658. The van der Waals surface area contributed by atoms with E-state index >= 15 is 0 Å². The summed E-state index contributed by atoms with van der Waals surface area (Å²) >= 11 is 5.64. The highest BCUT2D eigenvalue weighted by atomic mass is 35.5. The molecule has 0 radical (unpaired) electrons. The van der Waals surface area contributed by atoms with Crippen LogP contribution in [0.25, 0.3) is 0 Å². The van der Waals surface area contributed by atoms with Crippen molar-refractivity contribution < 1.29 is 9.90 Å². The Bertz CT molecular complexity index is 413. The summed E-state index contributed by atoms with van der Waals surface area (Å²) in [4.78, 5) is 11.2. The number of aromatic nitrogens is 2. The maximum Gasteiger partial charge on any atom is 0.252 e. The van der Waals surface area contributed by atoms with Gasteiger partial charge in [0.05, 0.1) is 5.56 Å². The van der Waals surface area contributed by atoms with Gasteiger partial charge in [0.2, 0.25) is 0 Å². The first-order valence-corrected chi connectivity index (χ1v) is 5.54. The second-order valence-electron chi connectivity index (χ2n) is 3.89. The van der Waals surface area contributed by atoms with E-state index in [1.165, 1.54) is 6.07 Å². The molecule has 7 heteroatoms. The van der Waals surface area contributed by atoms with Gasteiger partial charge in [0.25, 0.3) is 5.91 Å². The Balaban J connectivity index is 2.94. The summed E-state index contributed by atoms with van der Waals surface area (Å²) in [6.45, 7) is 3.76. The number of nitrogens with two attached hydrogens (primary N) is 1. The molecule has 0 bridgehead atoms. The number of aliphatic hydroxyl groups excluding tert-OH is 1. The lowest BCUT2D eigenvalue weighted by Gasteiger charge is -2.20. The molecule has 2 unspecified atom stereocenters. The largest absolute Gasteiger partial charge is 0.396 e. The Morgan fingerprint density at radius 3 is 2.76 bits per heavy atom. The van der Waals surface area contributed by atoms with Gasteiger partial charge in [0, 0.05) is 12.6 Å². The van der Waals surface area contributed by atoms with Crippen molar-refractivity contribution in [2.45, 2.75) is 19.9 Å². The number of carbonyl (C=O) groups is 1. The minimum absolute atomic E-state index is 0.00760. The molecule has 0 saturated carbocycles. The van der Waals surface area contributed by atoms with Gasteiger partial charge in [-0.15, -0.1) is 10.2 Å². The van der Waals surface area contributed by atoms with Crippen molar-refractivity contribution in [1.29, 1.82) is 0 Å². The van der Waals surface area contributed by atoms with Crippen molar-refractivity contribution in [3.05, 3.63) is 16.8 Å². The number of nitrogens with zero attached hydrogens (tertiary/aromatic N) is 2. The second-order valence-corrected chi connectivity index (χ2v) is 4.27. The van der Waals surface area contributed by atoms with E-state index in [2.05, 4.69) is 15.5 Å². The number of hydrogen-bond acceptors (Lipinski definition) is 5. The SMILES string of the molecule is CC(CO)C(C)Nc1nnc(Cl)cc1C(N)=O. The molecule has 1 rings (SSSR count). The van der Waals surface area contributed by atoms with E-state index in [1.807, 2.05) is 13.8 Å². The van der Waals surface area contributed by atoms with Crippen molar-refractivity contribution in [3.8, 4) is 0 Å². The van der Waals surface area contributed by atoms with Gasteiger partial charge >= 0.3 is 0 Å². The van der Waals surface area contributed by atoms with Gasteiger partial charge in [-0.3, -0.25) is 4.79 Å². The van der Waals surface area contributed by atoms with Gasteiger partial charge in [-0.2, -0.15) is 0 Å². The van der Waals surface area contributed by atoms with E-state index in [0.29, 0.717) is 0 Å². The molecule has 1 heterocycles. The van der Waals surface area contributed by atoms with E-state index in [0.717, 1.165) is 0 Å². The number of carbonyl (C=O) groups excluding carboxylic acids is 1. The highest BCUT2D eigenvalue weighted by Gasteiger charge is 2.16. The van der Waals surface area contributed by atoms with E-state index in [9.17, 15) is 4.79 Å². The maximum atomic E-state index is 11.2. The lowest BCUT2D eigenvalue weighted by atomic mass is 10.1. The van der Waals surface area contributed by atoms with Crippen molar-refractivity contribution in [3.63, 3.8) is 0 Å². The number of primary amides is 1. The molecule has 0 aliphatic heterocycles. The van der Waals surface area contributed by atoms with Crippen LogP contribution in [0, 0.1) is 5.92 Å². The number of amides is 1. The molecule has 1 amide bonds. The van der Waals surface area contributed by atoms with Gasteiger partial charge in [0.15, 0.2) is 11.0 Å². The summed E-state index contributed by atoms with van der Waals surface area (Å²) < 4.78 is 0. The fourth-order valence-corrected chi connectivity index (χ4v) is 1.33. The third-order valence-corrected chi connectivity index (χ3v) is 2.72. The lowest BCUT2D eigenvalue weighted by Crippen LogP contribution is -2.28. The Labute approximate surface area is 104 Å². The fraction of sp³-hybridized carbons (Fsp3) is 0.500. The van der Waals surface area contributed by atoms with Crippen LogP contribution >= 0.6 is 11.6 Å². The summed E-state index contributed by atoms with van der Waals surface area (Å²) in [5.41, 5.74) is 5.40. The zero-order chi connectivity index (χ0) is 13.0. The first kappa shape index (κ1) is 13.7. The zero-order valence-corrected chi connectivity index (χ0v) is 10.4. The quantitative estimate of drug-likeness (QED) is 0.720. The summed E-state index contributed by atoms with van der Waals surface area (Å²) in [5, 5.41) is 19.5. The molecule has 0 aliphatic rings. The molecule has 94 valence electrons. The van der Waals surface area contributed by atoms with Crippen LogP contribution in [0.4, 0.5) is 5.82 Å². The highest BCUT2D eigenvalue weighted by molar-refractivity contribution is 6.29. The minimum atomic E-state index is -0.631. The highest BCUT2D eigenvalue weighted by Crippen LogP contribution is 2.17. The molecular formula is C10H15ClN4O2. The third-order valence-electron chi connectivity index (χ3n) is 2.54. The number of anilines is 1. The van der Waals surface area contributed by atoms with Crippen molar-refractivity contribution in [2.75, 3.05) is 11.9 Å². The molecule has 1 aromatic heterocycles. The molecule has 0 aliphatic carbocycles. The predicted molar refractivity (Wildman–Crippen MR) is 64.9 cm³/mol. The van der Waals surface area contributed by atoms with E-state index in [-0.39, 0.29) is 35.1 Å². The van der Waals surface area contributed by atoms with Crippen LogP contribution in [-0.4, -0.2) is 33.9 Å². The van der Waals surface area contributed by atoms with Gasteiger partial charge < -0.3 is 16.2 Å². The molecule has 17 heavy (non-hydrogen) atoms. The first-order valence-electron chi connectivity index (χ1n) is 5.16.